The highest BCUT2D eigenvalue weighted by molar-refractivity contribution is 6.27. The van der Waals surface area contributed by atoms with Gasteiger partial charge in [-0.1, -0.05) is 11.6 Å². The van der Waals surface area contributed by atoms with Gasteiger partial charge < -0.3 is 15.3 Å². The third kappa shape index (κ3) is 2.31. The molecule has 0 fully saturated rings. The van der Waals surface area contributed by atoms with Crippen LogP contribution in [-0.4, -0.2) is 26.9 Å². The van der Waals surface area contributed by atoms with Crippen LogP contribution in [0.4, 0.5) is 0 Å². The SMILES string of the molecule is CC(C)=CCc1c(O)cc2c(c1O)C(=O)C(C)=C(O)C2=O. The Morgan fingerprint density at radius 2 is 1.76 bits per heavy atom. The molecule has 21 heavy (non-hydrogen) atoms. The number of fused-ring (bicyclic) bond motifs is 1. The predicted octanol–water partition coefficient (Wildman–Crippen LogP) is 2.82. The van der Waals surface area contributed by atoms with Crippen LogP contribution in [0.1, 0.15) is 47.1 Å². The number of aliphatic hydroxyl groups is 1. The Labute approximate surface area is 121 Å². The number of allylic oxidation sites excluding steroid dienone is 4. The van der Waals surface area contributed by atoms with Gasteiger partial charge in [-0.2, -0.15) is 0 Å². The third-order valence-electron chi connectivity index (χ3n) is 3.48. The van der Waals surface area contributed by atoms with Crippen LogP contribution < -0.4 is 0 Å². The number of Topliss-reactive ketones (excluding diaryl/α,β-unsaturated/α-hetero) is 2. The average molecular weight is 288 g/mol. The molecule has 0 amide bonds. The van der Waals surface area contributed by atoms with E-state index in [0.29, 0.717) is 0 Å². The minimum atomic E-state index is -0.776. The minimum Gasteiger partial charge on any atom is -0.507 e. The summed E-state index contributed by atoms with van der Waals surface area (Å²) in [6.45, 7) is 5.05. The molecule has 0 bridgehead atoms. The van der Waals surface area contributed by atoms with Crippen molar-refractivity contribution in [3.05, 3.63) is 45.7 Å². The first-order valence-electron chi connectivity index (χ1n) is 6.46. The fraction of sp³-hybridized carbons (Fsp3) is 0.250. The molecule has 0 unspecified atom stereocenters. The second-order valence-electron chi connectivity index (χ2n) is 5.26. The highest BCUT2D eigenvalue weighted by Crippen LogP contribution is 2.39. The Hall–Kier alpha value is -2.56. The average Bonchev–Trinajstić information content (AvgIpc) is 2.41. The van der Waals surface area contributed by atoms with Gasteiger partial charge in [-0.05, 0) is 33.3 Å². The van der Waals surface area contributed by atoms with Gasteiger partial charge in [0.15, 0.2) is 11.5 Å². The van der Waals surface area contributed by atoms with Gasteiger partial charge in [0.05, 0.1) is 5.56 Å². The zero-order valence-electron chi connectivity index (χ0n) is 12.0. The molecule has 5 heteroatoms. The highest BCUT2D eigenvalue weighted by Gasteiger charge is 2.34. The zero-order valence-corrected chi connectivity index (χ0v) is 12.0. The zero-order chi connectivity index (χ0) is 15.9. The van der Waals surface area contributed by atoms with E-state index in [-0.39, 0.29) is 34.4 Å². The van der Waals surface area contributed by atoms with E-state index in [9.17, 15) is 24.9 Å². The summed E-state index contributed by atoms with van der Waals surface area (Å²) in [6, 6.07) is 1.12. The van der Waals surface area contributed by atoms with E-state index in [1.807, 2.05) is 13.8 Å². The molecule has 1 aromatic rings. The van der Waals surface area contributed by atoms with E-state index in [1.165, 1.54) is 6.92 Å². The van der Waals surface area contributed by atoms with Crippen molar-refractivity contribution in [3.8, 4) is 11.5 Å². The summed E-state index contributed by atoms with van der Waals surface area (Å²) < 4.78 is 0. The largest absolute Gasteiger partial charge is 0.507 e. The van der Waals surface area contributed by atoms with Crippen molar-refractivity contribution < 1.29 is 24.9 Å². The molecule has 3 N–H and O–H groups in total. The number of carbonyl (C=O) groups is 2. The minimum absolute atomic E-state index is 0.110. The van der Waals surface area contributed by atoms with E-state index < -0.39 is 23.1 Å². The van der Waals surface area contributed by atoms with Crippen molar-refractivity contribution >= 4 is 11.6 Å². The Balaban J connectivity index is 2.69. The number of benzene rings is 1. The Kier molecular flexibility index (Phi) is 3.60. The van der Waals surface area contributed by atoms with Crippen molar-refractivity contribution in [1.29, 1.82) is 0 Å². The molecule has 110 valence electrons. The van der Waals surface area contributed by atoms with Crippen molar-refractivity contribution in [2.24, 2.45) is 0 Å². The summed E-state index contributed by atoms with van der Waals surface area (Å²) in [5.41, 5.74) is 0.721. The van der Waals surface area contributed by atoms with Crippen LogP contribution in [0.15, 0.2) is 29.0 Å². The van der Waals surface area contributed by atoms with Crippen LogP contribution >= 0.6 is 0 Å². The maximum atomic E-state index is 12.2. The predicted molar refractivity (Wildman–Crippen MR) is 76.9 cm³/mol. The lowest BCUT2D eigenvalue weighted by molar-refractivity contribution is 0.0927. The molecule has 1 aromatic carbocycles. The molecule has 0 aliphatic heterocycles. The molecule has 0 spiro atoms. The fourth-order valence-electron chi connectivity index (χ4n) is 2.21. The van der Waals surface area contributed by atoms with Gasteiger partial charge >= 0.3 is 0 Å². The summed E-state index contributed by atoms with van der Waals surface area (Å²) in [6.07, 6.45) is 2.03. The number of phenolic OH excluding ortho intramolecular Hbond substituents is 2. The molecular weight excluding hydrogens is 272 g/mol. The number of phenols is 2. The summed E-state index contributed by atoms with van der Waals surface area (Å²) in [5, 5.41) is 29.8. The normalized spacial score (nSPS) is 14.2. The molecule has 5 nitrogen and oxygen atoms in total. The van der Waals surface area contributed by atoms with Crippen LogP contribution in [-0.2, 0) is 6.42 Å². The summed E-state index contributed by atoms with van der Waals surface area (Å²) in [4.78, 5) is 24.1. The first kappa shape index (κ1) is 14.8. The lowest BCUT2D eigenvalue weighted by Crippen LogP contribution is -2.21. The van der Waals surface area contributed by atoms with Crippen molar-refractivity contribution in [2.75, 3.05) is 0 Å². The second kappa shape index (κ2) is 5.09. The molecule has 0 atom stereocenters. The van der Waals surface area contributed by atoms with Gasteiger partial charge in [-0.25, -0.2) is 0 Å². The van der Waals surface area contributed by atoms with E-state index >= 15 is 0 Å². The van der Waals surface area contributed by atoms with E-state index in [0.717, 1.165) is 11.6 Å². The molecule has 0 saturated heterocycles. The van der Waals surface area contributed by atoms with Gasteiger partial charge in [-0.15, -0.1) is 0 Å². The van der Waals surface area contributed by atoms with Crippen LogP contribution in [0.3, 0.4) is 0 Å². The van der Waals surface area contributed by atoms with Gasteiger partial charge in [0.25, 0.3) is 0 Å². The fourth-order valence-corrected chi connectivity index (χ4v) is 2.21. The molecule has 1 aliphatic carbocycles. The summed E-state index contributed by atoms with van der Waals surface area (Å²) >= 11 is 0. The van der Waals surface area contributed by atoms with Gasteiger partial charge in [0.2, 0.25) is 5.78 Å². The van der Waals surface area contributed by atoms with E-state index in [4.69, 9.17) is 0 Å². The van der Waals surface area contributed by atoms with Crippen molar-refractivity contribution in [2.45, 2.75) is 27.2 Å². The first-order chi connectivity index (χ1) is 9.75. The Bertz CT molecular complexity index is 719. The maximum Gasteiger partial charge on any atom is 0.228 e. The number of aromatic hydroxyl groups is 2. The van der Waals surface area contributed by atoms with Gasteiger partial charge in [0.1, 0.15) is 11.5 Å². The van der Waals surface area contributed by atoms with Crippen molar-refractivity contribution in [3.63, 3.8) is 0 Å². The van der Waals surface area contributed by atoms with E-state index in [2.05, 4.69) is 0 Å². The topological polar surface area (TPSA) is 94.8 Å². The van der Waals surface area contributed by atoms with E-state index in [1.54, 1.807) is 6.08 Å². The Morgan fingerprint density at radius 1 is 1.14 bits per heavy atom. The van der Waals surface area contributed by atoms with Crippen LogP contribution in [0.25, 0.3) is 0 Å². The first-order valence-corrected chi connectivity index (χ1v) is 6.46. The van der Waals surface area contributed by atoms with Crippen LogP contribution in [0, 0.1) is 0 Å². The third-order valence-corrected chi connectivity index (χ3v) is 3.48. The van der Waals surface area contributed by atoms with Gasteiger partial charge in [0, 0.05) is 16.7 Å². The number of ketones is 2. The molecule has 0 heterocycles. The highest BCUT2D eigenvalue weighted by atomic mass is 16.3. The quantitative estimate of drug-likeness (QED) is 0.727. The van der Waals surface area contributed by atoms with Crippen LogP contribution in [0.5, 0.6) is 11.5 Å². The lowest BCUT2D eigenvalue weighted by atomic mass is 9.86. The monoisotopic (exact) mass is 288 g/mol. The molecule has 0 saturated carbocycles. The number of rotatable bonds is 2. The molecular formula is C16H16O5. The standard InChI is InChI=1S/C16H16O5/c1-7(2)4-5-9-11(17)6-10-12(15(9)20)13(18)8(3)14(19)16(10)21/h4,6,17,19-20H,5H2,1-3H3. The number of hydrogen-bond acceptors (Lipinski definition) is 5. The molecule has 0 radical (unpaired) electrons. The second-order valence-corrected chi connectivity index (χ2v) is 5.26. The lowest BCUT2D eigenvalue weighted by Gasteiger charge is -2.19. The maximum absolute atomic E-state index is 12.2. The Morgan fingerprint density at radius 3 is 2.33 bits per heavy atom. The smallest absolute Gasteiger partial charge is 0.228 e. The number of hydrogen-bond donors (Lipinski definition) is 3. The van der Waals surface area contributed by atoms with Gasteiger partial charge in [-0.3, -0.25) is 9.59 Å². The summed E-state index contributed by atoms with van der Waals surface area (Å²) in [5.74, 6) is -2.73. The molecule has 0 aromatic heterocycles. The van der Waals surface area contributed by atoms with Crippen LogP contribution in [0.2, 0.25) is 0 Å². The number of carbonyl (C=O) groups excluding carboxylic acids is 2. The summed E-state index contributed by atoms with van der Waals surface area (Å²) in [7, 11) is 0. The van der Waals surface area contributed by atoms with Crippen molar-refractivity contribution in [1.82, 2.24) is 0 Å². The molecule has 2 rings (SSSR count). The number of aliphatic hydroxyl groups excluding tert-OH is 1. The molecule has 1 aliphatic rings.